The number of benzene rings is 1. The van der Waals surface area contributed by atoms with Gasteiger partial charge in [0.2, 0.25) is 0 Å². The Kier molecular flexibility index (Phi) is 4.18. The summed E-state index contributed by atoms with van der Waals surface area (Å²) in [7, 11) is 0. The van der Waals surface area contributed by atoms with Crippen molar-refractivity contribution >= 4 is 11.7 Å². The number of carbonyl (C=O) groups excluding carboxylic acids is 2. The van der Waals surface area contributed by atoms with Crippen LogP contribution in [0.15, 0.2) is 18.2 Å². The molecule has 1 aromatic carbocycles. The van der Waals surface area contributed by atoms with Gasteiger partial charge in [0, 0.05) is 17.7 Å². The smallest absolute Gasteiger partial charge is 0.268 e. The topological polar surface area (TPSA) is 80.4 Å². The number of amides is 1. The Bertz CT molecular complexity index is 884. The van der Waals surface area contributed by atoms with Crippen LogP contribution in [0.3, 0.4) is 0 Å². The summed E-state index contributed by atoms with van der Waals surface area (Å²) in [6.07, 6.45) is 2.20. The molecule has 2 heterocycles. The van der Waals surface area contributed by atoms with Crippen molar-refractivity contribution in [1.82, 2.24) is 10.3 Å². The van der Waals surface area contributed by atoms with E-state index in [1.165, 1.54) is 0 Å². The molecule has 6 heteroatoms. The predicted molar refractivity (Wildman–Crippen MR) is 96.1 cm³/mol. The second-order valence-electron chi connectivity index (χ2n) is 6.85. The summed E-state index contributed by atoms with van der Waals surface area (Å²) in [5.74, 6) is 1.35. The Morgan fingerprint density at radius 3 is 2.73 bits per heavy atom. The summed E-state index contributed by atoms with van der Waals surface area (Å²) in [4.78, 5) is 28.1. The van der Waals surface area contributed by atoms with E-state index in [-0.39, 0.29) is 17.7 Å². The highest BCUT2D eigenvalue weighted by Crippen LogP contribution is 2.33. The van der Waals surface area contributed by atoms with Gasteiger partial charge in [-0.15, -0.1) is 0 Å². The van der Waals surface area contributed by atoms with Crippen molar-refractivity contribution in [3.8, 4) is 11.5 Å². The number of H-pyrrole nitrogens is 1. The quantitative estimate of drug-likeness (QED) is 0.887. The predicted octanol–water partition coefficient (Wildman–Crippen LogP) is 3.10. The minimum Gasteiger partial charge on any atom is -0.486 e. The normalized spacial score (nSPS) is 16.8. The molecule has 1 aliphatic heterocycles. The average molecular weight is 354 g/mol. The van der Waals surface area contributed by atoms with Crippen LogP contribution in [0.2, 0.25) is 0 Å². The molecule has 26 heavy (non-hydrogen) atoms. The van der Waals surface area contributed by atoms with Crippen molar-refractivity contribution in [3.05, 3.63) is 46.3 Å². The van der Waals surface area contributed by atoms with E-state index in [9.17, 15) is 9.59 Å². The minimum absolute atomic E-state index is 0.124. The number of ketones is 1. The zero-order valence-electron chi connectivity index (χ0n) is 15.0. The van der Waals surface area contributed by atoms with E-state index in [0.717, 1.165) is 35.4 Å². The Balaban J connectivity index is 1.54. The standard InChI is InChI=1S/C20H22N2O4/c1-11-18-14(4-3-5-15(18)23)22-19(11)20(24)21-12(2)13-6-7-16-17(10-13)26-9-8-25-16/h6-7,10,12,22H,3-5,8-9H2,1-2H3,(H,21,24). The molecule has 2 aliphatic rings. The highest BCUT2D eigenvalue weighted by molar-refractivity contribution is 6.04. The zero-order chi connectivity index (χ0) is 18.3. The number of hydrogen-bond donors (Lipinski definition) is 2. The number of hydrogen-bond acceptors (Lipinski definition) is 4. The Morgan fingerprint density at radius 2 is 1.96 bits per heavy atom. The van der Waals surface area contributed by atoms with E-state index in [1.807, 2.05) is 32.0 Å². The lowest BCUT2D eigenvalue weighted by atomic mass is 9.94. The van der Waals surface area contributed by atoms with Crippen LogP contribution in [0.1, 0.15) is 63.5 Å². The van der Waals surface area contributed by atoms with Gasteiger partial charge in [0.1, 0.15) is 18.9 Å². The molecular formula is C20H22N2O4. The molecule has 0 spiro atoms. The third-order valence-electron chi connectivity index (χ3n) is 5.08. The third-order valence-corrected chi connectivity index (χ3v) is 5.08. The molecule has 6 nitrogen and oxygen atoms in total. The van der Waals surface area contributed by atoms with Gasteiger partial charge in [-0.25, -0.2) is 0 Å². The van der Waals surface area contributed by atoms with Crippen LogP contribution in [0.25, 0.3) is 0 Å². The second-order valence-corrected chi connectivity index (χ2v) is 6.85. The van der Waals surface area contributed by atoms with Crippen molar-refractivity contribution in [2.24, 2.45) is 0 Å². The lowest BCUT2D eigenvalue weighted by Gasteiger charge is -2.21. The average Bonchev–Trinajstić information content (AvgIpc) is 2.99. The molecule has 1 aromatic heterocycles. The molecule has 1 unspecified atom stereocenters. The van der Waals surface area contributed by atoms with Gasteiger partial charge in [-0.1, -0.05) is 6.07 Å². The third kappa shape index (κ3) is 2.85. The largest absolute Gasteiger partial charge is 0.486 e. The van der Waals surface area contributed by atoms with Crippen LogP contribution in [-0.4, -0.2) is 29.9 Å². The van der Waals surface area contributed by atoms with Crippen molar-refractivity contribution in [2.45, 2.75) is 39.2 Å². The summed E-state index contributed by atoms with van der Waals surface area (Å²) in [6.45, 7) is 4.83. The van der Waals surface area contributed by atoms with Gasteiger partial charge in [-0.2, -0.15) is 0 Å². The number of fused-ring (bicyclic) bond motifs is 2. The molecule has 0 saturated carbocycles. The van der Waals surface area contributed by atoms with Gasteiger partial charge >= 0.3 is 0 Å². The SMILES string of the molecule is Cc1c(C(=O)NC(C)c2ccc3c(c2)OCCO3)[nH]c2c1C(=O)CCC2. The Hall–Kier alpha value is -2.76. The van der Waals surface area contributed by atoms with Gasteiger partial charge in [0.25, 0.3) is 5.91 Å². The first-order valence-corrected chi connectivity index (χ1v) is 8.99. The highest BCUT2D eigenvalue weighted by Gasteiger charge is 2.27. The van der Waals surface area contributed by atoms with E-state index in [1.54, 1.807) is 0 Å². The number of Topliss-reactive ketones (excluding diaryl/α,β-unsaturated/α-hetero) is 1. The summed E-state index contributed by atoms with van der Waals surface area (Å²) < 4.78 is 11.1. The fourth-order valence-electron chi connectivity index (χ4n) is 3.68. The molecule has 0 radical (unpaired) electrons. The van der Waals surface area contributed by atoms with E-state index in [2.05, 4.69) is 10.3 Å². The van der Waals surface area contributed by atoms with E-state index < -0.39 is 0 Å². The summed E-state index contributed by atoms with van der Waals surface area (Å²) in [6, 6.07) is 5.49. The van der Waals surface area contributed by atoms with E-state index in [0.29, 0.717) is 36.6 Å². The van der Waals surface area contributed by atoms with E-state index >= 15 is 0 Å². The number of nitrogens with one attached hydrogen (secondary N) is 2. The van der Waals surface area contributed by atoms with Gasteiger partial charge in [-0.05, 0) is 49.9 Å². The molecular weight excluding hydrogens is 332 g/mol. The van der Waals surface area contributed by atoms with Crippen LogP contribution in [0, 0.1) is 6.92 Å². The molecule has 4 rings (SSSR count). The van der Waals surface area contributed by atoms with Gasteiger partial charge < -0.3 is 19.8 Å². The molecule has 0 saturated heterocycles. The Morgan fingerprint density at radius 1 is 1.19 bits per heavy atom. The number of ether oxygens (including phenoxy) is 2. The number of aromatic nitrogens is 1. The van der Waals surface area contributed by atoms with Gasteiger partial charge in [0.15, 0.2) is 17.3 Å². The van der Waals surface area contributed by atoms with Crippen LogP contribution >= 0.6 is 0 Å². The van der Waals surface area contributed by atoms with Crippen LogP contribution in [-0.2, 0) is 6.42 Å². The van der Waals surface area contributed by atoms with Gasteiger partial charge in [0.05, 0.1) is 6.04 Å². The first-order chi connectivity index (χ1) is 12.5. The van der Waals surface area contributed by atoms with Crippen LogP contribution in [0.4, 0.5) is 0 Å². The van der Waals surface area contributed by atoms with Gasteiger partial charge in [-0.3, -0.25) is 9.59 Å². The molecule has 1 amide bonds. The van der Waals surface area contributed by atoms with Crippen LogP contribution in [0.5, 0.6) is 11.5 Å². The molecule has 1 aliphatic carbocycles. The molecule has 2 aromatic rings. The Labute approximate surface area is 151 Å². The summed E-state index contributed by atoms with van der Waals surface area (Å²) in [5, 5.41) is 3.01. The monoisotopic (exact) mass is 354 g/mol. The second kappa shape index (κ2) is 6.52. The number of aryl methyl sites for hydroxylation is 1. The lowest BCUT2D eigenvalue weighted by molar-refractivity contribution is 0.0933. The maximum atomic E-state index is 12.8. The fraction of sp³-hybridized carbons (Fsp3) is 0.400. The number of rotatable bonds is 3. The zero-order valence-corrected chi connectivity index (χ0v) is 15.0. The number of carbonyl (C=O) groups is 2. The van der Waals surface area contributed by atoms with Crippen molar-refractivity contribution in [2.75, 3.05) is 13.2 Å². The van der Waals surface area contributed by atoms with Crippen molar-refractivity contribution in [3.63, 3.8) is 0 Å². The first kappa shape index (κ1) is 16.7. The molecule has 1 atom stereocenters. The van der Waals surface area contributed by atoms with Crippen LogP contribution < -0.4 is 14.8 Å². The summed E-state index contributed by atoms with van der Waals surface area (Å²) >= 11 is 0. The molecule has 0 fully saturated rings. The maximum Gasteiger partial charge on any atom is 0.268 e. The summed E-state index contributed by atoms with van der Waals surface area (Å²) in [5.41, 5.74) is 3.75. The number of aromatic amines is 1. The molecule has 0 bridgehead atoms. The molecule has 136 valence electrons. The van der Waals surface area contributed by atoms with Crippen molar-refractivity contribution in [1.29, 1.82) is 0 Å². The highest BCUT2D eigenvalue weighted by atomic mass is 16.6. The maximum absolute atomic E-state index is 12.8. The first-order valence-electron chi connectivity index (χ1n) is 8.99. The fourth-order valence-corrected chi connectivity index (χ4v) is 3.68. The van der Waals surface area contributed by atoms with E-state index in [4.69, 9.17) is 9.47 Å². The minimum atomic E-state index is -0.202. The van der Waals surface area contributed by atoms with Crippen molar-refractivity contribution < 1.29 is 19.1 Å². The lowest BCUT2D eigenvalue weighted by Crippen LogP contribution is -2.27. The molecule has 2 N–H and O–H groups in total.